The monoisotopic (exact) mass is 405 g/mol. The summed E-state index contributed by atoms with van der Waals surface area (Å²) in [5.41, 5.74) is 1.27. The van der Waals surface area contributed by atoms with Crippen LogP contribution in [0.1, 0.15) is 18.2 Å². The summed E-state index contributed by atoms with van der Waals surface area (Å²) < 4.78 is 7.19. The number of nitrogens with one attached hydrogen (secondary N) is 1. The molecular formula is C14H14Br2ClNO. The number of hydrogen-bond acceptors (Lipinski definition) is 2. The highest BCUT2D eigenvalue weighted by Crippen LogP contribution is 2.26. The second kappa shape index (κ2) is 6.93. The van der Waals surface area contributed by atoms with Crippen LogP contribution in [0.2, 0.25) is 5.02 Å². The Morgan fingerprint density at radius 3 is 2.53 bits per heavy atom. The number of rotatable bonds is 5. The molecule has 2 aromatic rings. The van der Waals surface area contributed by atoms with Gasteiger partial charge in [0.1, 0.15) is 5.76 Å². The van der Waals surface area contributed by atoms with Crippen molar-refractivity contribution in [3.8, 4) is 0 Å². The Kier molecular flexibility index (Phi) is 5.51. The van der Waals surface area contributed by atoms with Gasteiger partial charge in [-0.25, -0.2) is 0 Å². The van der Waals surface area contributed by atoms with Gasteiger partial charge < -0.3 is 9.73 Å². The van der Waals surface area contributed by atoms with Crippen molar-refractivity contribution >= 4 is 43.5 Å². The van der Waals surface area contributed by atoms with Crippen LogP contribution >= 0.6 is 43.5 Å². The van der Waals surface area contributed by atoms with E-state index in [0.29, 0.717) is 12.6 Å². The molecule has 1 N–H and O–H groups in total. The van der Waals surface area contributed by atoms with Crippen LogP contribution in [-0.4, -0.2) is 6.04 Å². The van der Waals surface area contributed by atoms with Crippen LogP contribution in [0.4, 0.5) is 0 Å². The van der Waals surface area contributed by atoms with Crippen LogP contribution in [-0.2, 0) is 13.0 Å². The molecule has 0 fully saturated rings. The van der Waals surface area contributed by atoms with Crippen molar-refractivity contribution in [3.05, 3.63) is 55.8 Å². The van der Waals surface area contributed by atoms with Gasteiger partial charge in [-0.3, -0.25) is 0 Å². The number of hydrogen-bond donors (Lipinski definition) is 1. The van der Waals surface area contributed by atoms with E-state index >= 15 is 0 Å². The van der Waals surface area contributed by atoms with E-state index in [9.17, 15) is 0 Å². The van der Waals surface area contributed by atoms with Crippen LogP contribution < -0.4 is 5.32 Å². The van der Waals surface area contributed by atoms with Crippen LogP contribution in [0, 0.1) is 0 Å². The highest BCUT2D eigenvalue weighted by molar-refractivity contribution is 9.13. The molecule has 0 aliphatic carbocycles. The summed E-state index contributed by atoms with van der Waals surface area (Å²) >= 11 is 12.6. The maximum atomic E-state index is 5.87. The molecule has 0 aliphatic rings. The van der Waals surface area contributed by atoms with Gasteiger partial charge in [0.05, 0.1) is 11.0 Å². The van der Waals surface area contributed by atoms with Crippen molar-refractivity contribution in [1.82, 2.24) is 5.32 Å². The van der Waals surface area contributed by atoms with Gasteiger partial charge in [-0.15, -0.1) is 0 Å². The zero-order chi connectivity index (χ0) is 13.8. The topological polar surface area (TPSA) is 25.2 Å². The van der Waals surface area contributed by atoms with Gasteiger partial charge in [0.2, 0.25) is 0 Å². The Bertz CT molecular complexity index is 519. The summed E-state index contributed by atoms with van der Waals surface area (Å²) in [6, 6.07) is 10.3. The molecule has 0 radical (unpaired) electrons. The van der Waals surface area contributed by atoms with Gasteiger partial charge in [-0.2, -0.15) is 0 Å². The molecule has 0 aliphatic heterocycles. The highest BCUT2D eigenvalue weighted by atomic mass is 79.9. The summed E-state index contributed by atoms with van der Waals surface area (Å²) in [6.07, 6.45) is 0.959. The van der Waals surface area contributed by atoms with Crippen molar-refractivity contribution in [2.45, 2.75) is 25.9 Å². The molecule has 0 amide bonds. The SMILES string of the molecule is CC(Cc1ccc(Cl)cc1)NCc1cc(Br)c(Br)o1. The first kappa shape index (κ1) is 15.1. The van der Waals surface area contributed by atoms with Gasteiger partial charge in [-0.05, 0) is 69.0 Å². The minimum atomic E-state index is 0.365. The molecule has 0 saturated carbocycles. The van der Waals surface area contributed by atoms with Gasteiger partial charge in [-0.1, -0.05) is 23.7 Å². The summed E-state index contributed by atoms with van der Waals surface area (Å²) in [5, 5.41) is 4.21. The molecule has 1 unspecified atom stereocenters. The normalized spacial score (nSPS) is 12.6. The van der Waals surface area contributed by atoms with Crippen molar-refractivity contribution in [1.29, 1.82) is 0 Å². The fourth-order valence-electron chi connectivity index (χ4n) is 1.80. The zero-order valence-corrected chi connectivity index (χ0v) is 14.3. The average Bonchev–Trinajstić information content (AvgIpc) is 2.69. The Hall–Kier alpha value is -0.290. The minimum Gasteiger partial charge on any atom is -0.452 e. The highest BCUT2D eigenvalue weighted by Gasteiger charge is 2.08. The van der Waals surface area contributed by atoms with E-state index in [2.05, 4.69) is 56.2 Å². The molecule has 0 bridgehead atoms. The van der Waals surface area contributed by atoms with E-state index < -0.39 is 0 Å². The maximum Gasteiger partial charge on any atom is 0.183 e. The Morgan fingerprint density at radius 1 is 1.26 bits per heavy atom. The molecule has 1 atom stereocenters. The standard InChI is InChI=1S/C14H14Br2ClNO/c1-9(6-10-2-4-11(17)5-3-10)18-8-12-7-13(15)14(16)19-12/h2-5,7,9,18H,6,8H2,1H3. The molecule has 1 aromatic carbocycles. The van der Waals surface area contributed by atoms with E-state index in [1.54, 1.807) is 0 Å². The van der Waals surface area contributed by atoms with Crippen molar-refractivity contribution in [3.63, 3.8) is 0 Å². The van der Waals surface area contributed by atoms with Crippen LogP contribution in [0.25, 0.3) is 0 Å². The first-order valence-corrected chi connectivity index (χ1v) is 7.92. The summed E-state index contributed by atoms with van der Waals surface area (Å²) in [4.78, 5) is 0. The van der Waals surface area contributed by atoms with E-state index in [4.69, 9.17) is 16.0 Å². The summed E-state index contributed by atoms with van der Waals surface area (Å²) in [7, 11) is 0. The molecule has 5 heteroatoms. The Labute approximate surface area is 134 Å². The third-order valence-electron chi connectivity index (χ3n) is 2.78. The summed E-state index contributed by atoms with van der Waals surface area (Å²) in [5.74, 6) is 0.904. The molecule has 2 rings (SSSR count). The first-order valence-electron chi connectivity index (χ1n) is 5.96. The third kappa shape index (κ3) is 4.63. The lowest BCUT2D eigenvalue weighted by atomic mass is 10.1. The molecule has 1 heterocycles. The fourth-order valence-corrected chi connectivity index (χ4v) is 2.58. The zero-order valence-electron chi connectivity index (χ0n) is 10.4. The van der Waals surface area contributed by atoms with Crippen LogP contribution in [0.3, 0.4) is 0 Å². The van der Waals surface area contributed by atoms with E-state index in [0.717, 1.165) is 26.3 Å². The fraction of sp³-hybridized carbons (Fsp3) is 0.286. The molecule has 0 saturated heterocycles. The second-order valence-corrected chi connectivity index (χ2v) is 6.46. The number of halogens is 3. The van der Waals surface area contributed by atoms with Gasteiger partial charge in [0, 0.05) is 11.1 Å². The van der Waals surface area contributed by atoms with E-state index in [1.165, 1.54) is 5.56 Å². The quantitative estimate of drug-likeness (QED) is 0.739. The van der Waals surface area contributed by atoms with Gasteiger partial charge in [0.15, 0.2) is 4.67 Å². The lowest BCUT2D eigenvalue weighted by Gasteiger charge is -2.12. The molecule has 102 valence electrons. The third-order valence-corrected chi connectivity index (χ3v) is 4.74. The number of furan rings is 1. The van der Waals surface area contributed by atoms with Crippen LogP contribution in [0.15, 0.2) is 43.9 Å². The van der Waals surface area contributed by atoms with Crippen molar-refractivity contribution in [2.75, 3.05) is 0 Å². The first-order chi connectivity index (χ1) is 9.04. The predicted molar refractivity (Wildman–Crippen MR) is 85.6 cm³/mol. The average molecular weight is 408 g/mol. The van der Waals surface area contributed by atoms with E-state index in [1.807, 2.05) is 18.2 Å². The predicted octanol–water partition coefficient (Wildman–Crippen LogP) is 5.18. The number of benzene rings is 1. The molecule has 0 spiro atoms. The molecular weight excluding hydrogens is 393 g/mol. The van der Waals surface area contributed by atoms with Gasteiger partial charge >= 0.3 is 0 Å². The Morgan fingerprint density at radius 2 is 1.95 bits per heavy atom. The minimum absolute atomic E-state index is 0.365. The second-order valence-electron chi connectivity index (χ2n) is 4.45. The lowest BCUT2D eigenvalue weighted by Crippen LogP contribution is -2.27. The molecule has 2 nitrogen and oxygen atoms in total. The summed E-state index contributed by atoms with van der Waals surface area (Å²) in [6.45, 7) is 2.86. The van der Waals surface area contributed by atoms with Crippen LogP contribution in [0.5, 0.6) is 0 Å². The maximum absolute atomic E-state index is 5.87. The lowest BCUT2D eigenvalue weighted by molar-refractivity contribution is 0.441. The van der Waals surface area contributed by atoms with Crippen molar-refractivity contribution in [2.24, 2.45) is 0 Å². The van der Waals surface area contributed by atoms with E-state index in [-0.39, 0.29) is 0 Å². The Balaban J connectivity index is 1.84. The smallest absolute Gasteiger partial charge is 0.183 e. The largest absolute Gasteiger partial charge is 0.452 e. The molecule has 1 aromatic heterocycles. The van der Waals surface area contributed by atoms with Crippen molar-refractivity contribution < 1.29 is 4.42 Å². The van der Waals surface area contributed by atoms with Gasteiger partial charge in [0.25, 0.3) is 0 Å². The molecule has 19 heavy (non-hydrogen) atoms.